The molecule has 0 spiro atoms. The molecule has 0 unspecified atom stereocenters. The van der Waals surface area contributed by atoms with Gasteiger partial charge in [0.15, 0.2) is 0 Å². The average molecular weight is 284 g/mol. The third kappa shape index (κ3) is 4.84. The van der Waals surface area contributed by atoms with Crippen LogP contribution in [0.1, 0.15) is 18.4 Å². The highest BCUT2D eigenvalue weighted by molar-refractivity contribution is 7.97. The van der Waals surface area contributed by atoms with Gasteiger partial charge in [-0.2, -0.15) is 11.8 Å². The Morgan fingerprint density at radius 2 is 2.26 bits per heavy atom. The lowest BCUT2D eigenvalue weighted by atomic mass is 10.2. The van der Waals surface area contributed by atoms with E-state index in [2.05, 4.69) is 35.5 Å². The monoisotopic (exact) mass is 284 g/mol. The Morgan fingerprint density at radius 3 is 3.05 bits per heavy atom. The van der Waals surface area contributed by atoms with E-state index in [1.807, 2.05) is 0 Å². The molecule has 1 aliphatic rings. The molecule has 1 aromatic rings. The Labute approximate surface area is 119 Å². The smallest absolute Gasteiger partial charge is 0.118 e. The summed E-state index contributed by atoms with van der Waals surface area (Å²) in [6.45, 7) is 7.90. The molecule has 108 valence electrons. The zero-order valence-corrected chi connectivity index (χ0v) is 12.7. The van der Waals surface area contributed by atoms with Crippen molar-refractivity contribution in [3.8, 4) is 0 Å². The van der Waals surface area contributed by atoms with Crippen LogP contribution in [-0.2, 0) is 17.0 Å². The number of ether oxygens (including phenoxy) is 1. The van der Waals surface area contributed by atoms with Gasteiger partial charge >= 0.3 is 0 Å². The first-order valence-corrected chi connectivity index (χ1v) is 8.32. The number of nitrogens with zero attached hydrogens (tertiary/aromatic N) is 1. The summed E-state index contributed by atoms with van der Waals surface area (Å²) in [6, 6.07) is 4.11. The van der Waals surface area contributed by atoms with Gasteiger partial charge in [-0.05, 0) is 24.9 Å². The summed E-state index contributed by atoms with van der Waals surface area (Å²) in [5.41, 5.74) is 0. The molecule has 2 heterocycles. The molecule has 0 saturated carbocycles. The van der Waals surface area contributed by atoms with Gasteiger partial charge in [-0.15, -0.1) is 0 Å². The summed E-state index contributed by atoms with van der Waals surface area (Å²) in [6.07, 6.45) is 2.38. The second-order valence-electron chi connectivity index (χ2n) is 4.82. The SMILES string of the molecule is CCN1CCO[C@H](CNCc2ccc(CSC)o2)C1. The first-order chi connectivity index (χ1) is 9.31. The van der Waals surface area contributed by atoms with Gasteiger partial charge in [0.2, 0.25) is 0 Å². The second kappa shape index (κ2) is 7.94. The molecule has 19 heavy (non-hydrogen) atoms. The Bertz CT molecular complexity index is 370. The first kappa shape index (κ1) is 14.9. The molecule has 1 atom stereocenters. The molecule has 1 N–H and O–H groups in total. The topological polar surface area (TPSA) is 37.6 Å². The zero-order valence-electron chi connectivity index (χ0n) is 11.9. The summed E-state index contributed by atoms with van der Waals surface area (Å²) < 4.78 is 11.5. The van der Waals surface area contributed by atoms with Crippen LogP contribution < -0.4 is 5.32 Å². The van der Waals surface area contributed by atoms with E-state index in [0.29, 0.717) is 6.10 Å². The van der Waals surface area contributed by atoms with Gasteiger partial charge in [-0.1, -0.05) is 6.92 Å². The van der Waals surface area contributed by atoms with E-state index in [-0.39, 0.29) is 0 Å². The number of hydrogen-bond donors (Lipinski definition) is 1. The van der Waals surface area contributed by atoms with Crippen molar-refractivity contribution in [2.75, 3.05) is 39.0 Å². The maximum atomic E-state index is 5.75. The van der Waals surface area contributed by atoms with E-state index in [1.54, 1.807) is 11.8 Å². The van der Waals surface area contributed by atoms with Crippen molar-refractivity contribution in [2.24, 2.45) is 0 Å². The second-order valence-corrected chi connectivity index (χ2v) is 5.68. The fraction of sp³-hybridized carbons (Fsp3) is 0.714. The van der Waals surface area contributed by atoms with Crippen molar-refractivity contribution in [1.29, 1.82) is 0 Å². The highest BCUT2D eigenvalue weighted by atomic mass is 32.2. The number of thioether (sulfide) groups is 1. The molecular formula is C14H24N2O2S. The van der Waals surface area contributed by atoms with E-state index >= 15 is 0 Å². The Morgan fingerprint density at radius 1 is 1.42 bits per heavy atom. The molecule has 0 bridgehead atoms. The zero-order chi connectivity index (χ0) is 13.5. The summed E-state index contributed by atoms with van der Waals surface area (Å²) in [4.78, 5) is 2.43. The lowest BCUT2D eigenvalue weighted by Crippen LogP contribution is -2.46. The molecule has 4 nitrogen and oxygen atoms in total. The van der Waals surface area contributed by atoms with E-state index in [0.717, 1.165) is 56.6 Å². The minimum absolute atomic E-state index is 0.300. The normalized spacial score (nSPS) is 20.8. The highest BCUT2D eigenvalue weighted by Gasteiger charge is 2.18. The van der Waals surface area contributed by atoms with Crippen molar-refractivity contribution < 1.29 is 9.15 Å². The quantitative estimate of drug-likeness (QED) is 0.828. The molecule has 1 aromatic heterocycles. The number of nitrogens with one attached hydrogen (secondary N) is 1. The number of furan rings is 1. The van der Waals surface area contributed by atoms with Crippen molar-refractivity contribution in [1.82, 2.24) is 10.2 Å². The van der Waals surface area contributed by atoms with Gasteiger partial charge in [0.25, 0.3) is 0 Å². The predicted molar refractivity (Wildman–Crippen MR) is 79.5 cm³/mol. The van der Waals surface area contributed by atoms with Gasteiger partial charge in [0.05, 0.1) is 25.0 Å². The van der Waals surface area contributed by atoms with Gasteiger partial charge in [-0.25, -0.2) is 0 Å². The highest BCUT2D eigenvalue weighted by Crippen LogP contribution is 2.13. The van der Waals surface area contributed by atoms with E-state index in [1.165, 1.54) is 0 Å². The predicted octanol–water partition coefficient (Wildman–Crippen LogP) is 1.95. The molecule has 1 saturated heterocycles. The molecular weight excluding hydrogens is 260 g/mol. The van der Waals surface area contributed by atoms with Crippen LogP contribution in [0.5, 0.6) is 0 Å². The molecule has 1 fully saturated rings. The largest absolute Gasteiger partial charge is 0.464 e. The maximum Gasteiger partial charge on any atom is 0.118 e. The summed E-state index contributed by atoms with van der Waals surface area (Å²) in [5.74, 6) is 3.00. The summed E-state index contributed by atoms with van der Waals surface area (Å²) in [5, 5.41) is 3.42. The number of likely N-dealkylation sites (N-methyl/N-ethyl adjacent to an activating group) is 1. The molecule has 0 aliphatic carbocycles. The lowest BCUT2D eigenvalue weighted by molar-refractivity contribution is -0.0255. The molecule has 0 amide bonds. The fourth-order valence-corrected chi connectivity index (χ4v) is 2.72. The van der Waals surface area contributed by atoms with Crippen LogP contribution in [0.4, 0.5) is 0 Å². The van der Waals surface area contributed by atoms with E-state index in [4.69, 9.17) is 9.15 Å². The Hall–Kier alpha value is -0.490. The third-order valence-corrected chi connectivity index (χ3v) is 3.92. The number of morpholine rings is 1. The van der Waals surface area contributed by atoms with Crippen LogP contribution in [0.3, 0.4) is 0 Å². The van der Waals surface area contributed by atoms with Gasteiger partial charge in [0.1, 0.15) is 11.5 Å². The third-order valence-electron chi connectivity index (χ3n) is 3.35. The van der Waals surface area contributed by atoms with Crippen molar-refractivity contribution in [3.05, 3.63) is 23.7 Å². The standard InChI is InChI=1S/C14H24N2O2S/c1-3-16-6-7-17-14(10-16)9-15-8-12-4-5-13(18-12)11-19-2/h4-5,14-15H,3,6-11H2,1-2H3/t14-/m1/s1. The minimum Gasteiger partial charge on any atom is -0.464 e. The van der Waals surface area contributed by atoms with Crippen LogP contribution in [-0.4, -0.2) is 50.0 Å². The van der Waals surface area contributed by atoms with E-state index in [9.17, 15) is 0 Å². The van der Waals surface area contributed by atoms with Gasteiger partial charge < -0.3 is 14.5 Å². The average Bonchev–Trinajstić information content (AvgIpc) is 2.87. The van der Waals surface area contributed by atoms with Crippen LogP contribution in [0.2, 0.25) is 0 Å². The van der Waals surface area contributed by atoms with Crippen LogP contribution in [0.25, 0.3) is 0 Å². The molecule has 5 heteroatoms. The summed E-state index contributed by atoms with van der Waals surface area (Å²) >= 11 is 1.78. The van der Waals surface area contributed by atoms with Crippen molar-refractivity contribution >= 4 is 11.8 Å². The molecule has 0 radical (unpaired) electrons. The number of hydrogen-bond acceptors (Lipinski definition) is 5. The van der Waals surface area contributed by atoms with Gasteiger partial charge in [-0.3, -0.25) is 4.90 Å². The van der Waals surface area contributed by atoms with Crippen molar-refractivity contribution in [2.45, 2.75) is 25.3 Å². The molecule has 0 aromatic carbocycles. The molecule has 2 rings (SSSR count). The van der Waals surface area contributed by atoms with E-state index < -0.39 is 0 Å². The van der Waals surface area contributed by atoms with Crippen LogP contribution >= 0.6 is 11.8 Å². The van der Waals surface area contributed by atoms with Gasteiger partial charge in [0, 0.05) is 19.6 Å². The first-order valence-electron chi connectivity index (χ1n) is 6.93. The van der Waals surface area contributed by atoms with Crippen LogP contribution in [0.15, 0.2) is 16.5 Å². The summed E-state index contributed by atoms with van der Waals surface area (Å²) in [7, 11) is 0. The minimum atomic E-state index is 0.300. The van der Waals surface area contributed by atoms with Crippen molar-refractivity contribution in [3.63, 3.8) is 0 Å². The Kier molecular flexibility index (Phi) is 6.23. The Balaban J connectivity index is 1.67. The lowest BCUT2D eigenvalue weighted by Gasteiger charge is -2.32. The molecule has 1 aliphatic heterocycles. The fourth-order valence-electron chi connectivity index (χ4n) is 2.28. The number of rotatable bonds is 7. The van der Waals surface area contributed by atoms with Crippen LogP contribution in [0, 0.1) is 0 Å². The maximum absolute atomic E-state index is 5.75.